The van der Waals surface area contributed by atoms with Gasteiger partial charge in [-0.15, -0.1) is 0 Å². The predicted octanol–water partition coefficient (Wildman–Crippen LogP) is 7.73. The van der Waals surface area contributed by atoms with E-state index in [1.165, 1.54) is 12.5 Å². The largest absolute Gasteiger partial charge is 0.478 e. The normalized spacial score (nSPS) is 29.9. The second-order valence-electron chi connectivity index (χ2n) is 11.5. The van der Waals surface area contributed by atoms with E-state index in [1.54, 1.807) is 0 Å². The number of benzene rings is 1. The minimum absolute atomic E-state index is 0.0215. The van der Waals surface area contributed by atoms with Crippen molar-refractivity contribution in [2.75, 3.05) is 0 Å². The van der Waals surface area contributed by atoms with Gasteiger partial charge in [-0.25, -0.2) is 4.79 Å². The molecule has 0 amide bonds. The molecule has 1 saturated carbocycles. The van der Waals surface area contributed by atoms with E-state index in [1.807, 2.05) is 6.07 Å². The number of ether oxygens (including phenoxy) is 1. The number of fused-ring (bicyclic) bond motifs is 8. The molecule has 0 aromatic heterocycles. The van der Waals surface area contributed by atoms with E-state index in [-0.39, 0.29) is 23.4 Å². The highest BCUT2D eigenvalue weighted by Crippen LogP contribution is 2.58. The maximum atomic E-state index is 12.4. The van der Waals surface area contributed by atoms with Crippen LogP contribution in [0.25, 0.3) is 0 Å². The van der Waals surface area contributed by atoms with Crippen LogP contribution in [-0.2, 0) is 16.0 Å². The summed E-state index contributed by atoms with van der Waals surface area (Å²) in [6.07, 6.45) is 13.1. The van der Waals surface area contributed by atoms with E-state index in [9.17, 15) is 14.7 Å². The van der Waals surface area contributed by atoms with Gasteiger partial charge in [0.1, 0.15) is 6.10 Å². The molecule has 3 aliphatic carbocycles. The highest BCUT2D eigenvalue weighted by atomic mass is 16.5. The molecule has 3 aliphatic rings. The topological polar surface area (TPSA) is 63.6 Å². The number of carboxylic acid groups (broad SMARTS) is 1. The third-order valence-electron chi connectivity index (χ3n) is 8.40. The Hall–Kier alpha value is -2.36. The molecule has 1 aromatic carbocycles. The van der Waals surface area contributed by atoms with Crippen molar-refractivity contribution in [1.29, 1.82) is 0 Å². The lowest BCUT2D eigenvalue weighted by atomic mass is 9.64. The molecule has 35 heavy (non-hydrogen) atoms. The number of carboxylic acids is 1. The molecule has 4 rings (SSSR count). The Bertz CT molecular complexity index is 972. The third-order valence-corrected chi connectivity index (χ3v) is 8.40. The molecule has 2 bridgehead atoms. The van der Waals surface area contributed by atoms with E-state index in [2.05, 4.69) is 65.0 Å². The molecule has 192 valence electrons. The molecule has 1 fully saturated rings. The van der Waals surface area contributed by atoms with E-state index < -0.39 is 5.97 Å². The van der Waals surface area contributed by atoms with Crippen LogP contribution in [0.15, 0.2) is 42.0 Å². The molecule has 4 nitrogen and oxygen atoms in total. The van der Waals surface area contributed by atoms with Crippen LogP contribution < -0.4 is 0 Å². The van der Waals surface area contributed by atoms with Crippen molar-refractivity contribution >= 4 is 11.9 Å². The zero-order valence-electron chi connectivity index (χ0n) is 22.5. The summed E-state index contributed by atoms with van der Waals surface area (Å²) < 4.78 is 5.60. The molecule has 1 N–H and O–H groups in total. The number of esters is 1. The number of hydrogen-bond acceptors (Lipinski definition) is 3. The molecule has 0 heterocycles. The van der Waals surface area contributed by atoms with Gasteiger partial charge in [-0.05, 0) is 91.7 Å². The van der Waals surface area contributed by atoms with Crippen molar-refractivity contribution in [3.05, 3.63) is 58.7 Å². The van der Waals surface area contributed by atoms with Gasteiger partial charge in [0.25, 0.3) is 0 Å². The lowest BCUT2D eigenvalue weighted by Crippen LogP contribution is -2.32. The summed E-state index contributed by atoms with van der Waals surface area (Å²) in [6, 6.07) is 5.94. The summed E-state index contributed by atoms with van der Waals surface area (Å²) >= 11 is 0. The maximum absolute atomic E-state index is 12.4. The smallest absolute Gasteiger partial charge is 0.335 e. The molecule has 0 aliphatic heterocycles. The molecule has 1 unspecified atom stereocenters. The second kappa shape index (κ2) is 11.6. The Morgan fingerprint density at radius 2 is 1.89 bits per heavy atom. The molecule has 0 spiro atoms. The van der Waals surface area contributed by atoms with E-state index in [4.69, 9.17) is 4.74 Å². The van der Waals surface area contributed by atoms with Crippen LogP contribution in [0.4, 0.5) is 0 Å². The van der Waals surface area contributed by atoms with Crippen LogP contribution in [0, 0.1) is 23.2 Å². The minimum Gasteiger partial charge on any atom is -0.478 e. The number of carbonyl (C=O) groups is 2. The Morgan fingerprint density at radius 1 is 1.14 bits per heavy atom. The molecular formula is C31H44O4. The van der Waals surface area contributed by atoms with E-state index in [0.717, 1.165) is 49.7 Å². The first kappa shape index (κ1) is 27.2. The van der Waals surface area contributed by atoms with Gasteiger partial charge >= 0.3 is 11.9 Å². The van der Waals surface area contributed by atoms with Crippen molar-refractivity contribution in [3.63, 3.8) is 0 Å². The quantitative estimate of drug-likeness (QED) is 0.346. The summed E-state index contributed by atoms with van der Waals surface area (Å²) in [5.41, 5.74) is 3.65. The first-order valence-electron chi connectivity index (χ1n) is 13.4. The second-order valence-corrected chi connectivity index (χ2v) is 11.5. The van der Waals surface area contributed by atoms with E-state index in [0.29, 0.717) is 29.7 Å². The first-order valence-corrected chi connectivity index (χ1v) is 13.4. The predicted molar refractivity (Wildman–Crippen MR) is 142 cm³/mol. The number of carbonyl (C=O) groups excluding carboxylic acids is 1. The summed E-state index contributed by atoms with van der Waals surface area (Å²) in [7, 11) is 0. The number of aromatic carboxylic acids is 1. The number of allylic oxidation sites excluding steroid dienone is 4. The fourth-order valence-electron chi connectivity index (χ4n) is 6.57. The van der Waals surface area contributed by atoms with Crippen LogP contribution >= 0.6 is 0 Å². The standard InChI is InChI=1S/C31H44O4/c1-20(2)9-11-22(4)28-15-16-29-26-14-12-24(19-27(26)30(33)34)18-25(35-23(5)32)13-10-21(3)8-7-17-31(28,29)6/h8-9,11-12,14,19-20,22,25,28-29H,7,10,13,15-18H2,1-6H3,(H,33,34)/b11-9+,21-8-/t22-,25-,28+,29?,31+/m0/s1. The molecular weight excluding hydrogens is 436 g/mol. The average Bonchev–Trinajstić information content (AvgIpc) is 3.11. The lowest BCUT2D eigenvalue weighted by molar-refractivity contribution is -0.146. The van der Waals surface area contributed by atoms with Crippen LogP contribution in [0.1, 0.15) is 107 Å². The van der Waals surface area contributed by atoms with Gasteiger partial charge in [-0.2, -0.15) is 0 Å². The first-order chi connectivity index (χ1) is 16.5. The molecule has 1 aromatic rings. The fourth-order valence-corrected chi connectivity index (χ4v) is 6.57. The van der Waals surface area contributed by atoms with Crippen LogP contribution in [-0.4, -0.2) is 23.1 Å². The summed E-state index contributed by atoms with van der Waals surface area (Å²) in [5.74, 6) is 0.545. The zero-order valence-corrected chi connectivity index (χ0v) is 22.5. The minimum atomic E-state index is -0.868. The van der Waals surface area contributed by atoms with Gasteiger partial charge in [-0.1, -0.05) is 63.6 Å². The van der Waals surface area contributed by atoms with Crippen molar-refractivity contribution in [3.8, 4) is 0 Å². The van der Waals surface area contributed by atoms with Crippen LogP contribution in [0.3, 0.4) is 0 Å². The summed E-state index contributed by atoms with van der Waals surface area (Å²) in [6.45, 7) is 12.8. The third kappa shape index (κ3) is 6.65. The summed E-state index contributed by atoms with van der Waals surface area (Å²) in [5, 5.41) is 10.2. The van der Waals surface area contributed by atoms with E-state index >= 15 is 0 Å². The van der Waals surface area contributed by atoms with Crippen molar-refractivity contribution in [2.24, 2.45) is 23.2 Å². The molecule has 0 saturated heterocycles. The molecule has 4 heteroatoms. The average molecular weight is 481 g/mol. The molecule has 0 radical (unpaired) electrons. The van der Waals surface area contributed by atoms with Gasteiger partial charge in [0.15, 0.2) is 0 Å². The Morgan fingerprint density at radius 3 is 2.54 bits per heavy atom. The van der Waals surface area contributed by atoms with Crippen molar-refractivity contribution < 1.29 is 19.4 Å². The fraction of sp³-hybridized carbons (Fsp3) is 0.613. The lowest BCUT2D eigenvalue weighted by Gasteiger charge is -2.40. The zero-order chi connectivity index (χ0) is 25.8. The van der Waals surface area contributed by atoms with Crippen molar-refractivity contribution in [2.45, 2.75) is 98.5 Å². The number of rotatable bonds is 5. The van der Waals surface area contributed by atoms with Gasteiger partial charge in [0.05, 0.1) is 5.56 Å². The maximum Gasteiger partial charge on any atom is 0.335 e. The van der Waals surface area contributed by atoms with Gasteiger partial charge in [0, 0.05) is 13.3 Å². The highest BCUT2D eigenvalue weighted by Gasteiger charge is 2.48. The Labute approximate surface area is 211 Å². The van der Waals surface area contributed by atoms with Gasteiger partial charge in [-0.3, -0.25) is 4.79 Å². The Kier molecular flexibility index (Phi) is 9.01. The van der Waals surface area contributed by atoms with Gasteiger partial charge < -0.3 is 9.84 Å². The van der Waals surface area contributed by atoms with Gasteiger partial charge in [0.2, 0.25) is 0 Å². The van der Waals surface area contributed by atoms with Crippen molar-refractivity contribution in [1.82, 2.24) is 0 Å². The Balaban J connectivity index is 2.06. The highest BCUT2D eigenvalue weighted by molar-refractivity contribution is 5.90. The number of hydrogen-bond donors (Lipinski definition) is 1. The molecule has 5 atom stereocenters. The monoisotopic (exact) mass is 480 g/mol. The van der Waals surface area contributed by atoms with Crippen LogP contribution in [0.5, 0.6) is 0 Å². The SMILES string of the molecule is CC(=O)O[C@H]1CC/C(C)=C\CC[C@@]2(C)C(CC[C@@H]2[C@@H](C)/C=C/C(C)C)c2ccc(cc2C(=O)O)C1. The van der Waals surface area contributed by atoms with Crippen LogP contribution in [0.2, 0.25) is 0 Å². The summed E-state index contributed by atoms with van der Waals surface area (Å²) in [4.78, 5) is 24.1.